The molecule has 0 saturated carbocycles. The number of pyridine rings is 1. The minimum Gasteiger partial charge on any atom is -0.496 e. The Morgan fingerprint density at radius 2 is 2.19 bits per heavy atom. The lowest BCUT2D eigenvalue weighted by Crippen LogP contribution is -1.92. The van der Waals surface area contributed by atoms with Crippen LogP contribution in [0.4, 0.5) is 0 Å². The van der Waals surface area contributed by atoms with Crippen molar-refractivity contribution in [1.82, 2.24) is 4.98 Å². The molecule has 0 spiro atoms. The van der Waals surface area contributed by atoms with Crippen molar-refractivity contribution in [3.8, 4) is 11.8 Å². The standard InChI is InChI=1S/C12H9ClN2O/c1-7-10(16-2)4-3-9-11(13)8(5-14)6-15-12(7)9/h3-4,6H,1-2H3. The van der Waals surface area contributed by atoms with Gasteiger partial charge in [0, 0.05) is 17.1 Å². The zero-order valence-electron chi connectivity index (χ0n) is 8.91. The van der Waals surface area contributed by atoms with Crippen LogP contribution in [0.5, 0.6) is 5.75 Å². The Hall–Kier alpha value is -1.79. The summed E-state index contributed by atoms with van der Waals surface area (Å²) in [4.78, 5) is 4.23. The van der Waals surface area contributed by atoms with Crippen molar-refractivity contribution < 1.29 is 4.74 Å². The van der Waals surface area contributed by atoms with Gasteiger partial charge in [-0.05, 0) is 19.1 Å². The molecule has 0 aliphatic rings. The number of aryl methyl sites for hydroxylation is 1. The largest absolute Gasteiger partial charge is 0.496 e. The Morgan fingerprint density at radius 1 is 1.44 bits per heavy atom. The van der Waals surface area contributed by atoms with Gasteiger partial charge in [0.15, 0.2) is 0 Å². The minimum atomic E-state index is 0.388. The van der Waals surface area contributed by atoms with Crippen LogP contribution >= 0.6 is 11.6 Å². The number of nitriles is 1. The monoisotopic (exact) mass is 232 g/mol. The molecule has 0 aliphatic carbocycles. The Bertz CT molecular complexity index is 602. The molecule has 0 atom stereocenters. The molecule has 2 aromatic rings. The Balaban J connectivity index is 2.85. The molecule has 2 rings (SSSR count). The predicted octanol–water partition coefficient (Wildman–Crippen LogP) is 3.08. The van der Waals surface area contributed by atoms with E-state index in [-0.39, 0.29) is 0 Å². The summed E-state index contributed by atoms with van der Waals surface area (Å²) >= 11 is 6.11. The van der Waals surface area contributed by atoms with Crippen molar-refractivity contribution in [3.63, 3.8) is 0 Å². The quantitative estimate of drug-likeness (QED) is 0.759. The Morgan fingerprint density at radius 3 is 2.81 bits per heavy atom. The average molecular weight is 233 g/mol. The van der Waals surface area contributed by atoms with Crippen LogP contribution in [-0.2, 0) is 0 Å². The van der Waals surface area contributed by atoms with Gasteiger partial charge in [-0.15, -0.1) is 0 Å². The van der Waals surface area contributed by atoms with E-state index in [1.807, 2.05) is 25.1 Å². The van der Waals surface area contributed by atoms with Crippen molar-refractivity contribution in [2.75, 3.05) is 7.11 Å². The van der Waals surface area contributed by atoms with Gasteiger partial charge in [-0.25, -0.2) is 0 Å². The highest BCUT2D eigenvalue weighted by Crippen LogP contribution is 2.31. The van der Waals surface area contributed by atoms with Gasteiger partial charge >= 0.3 is 0 Å². The van der Waals surface area contributed by atoms with Crippen molar-refractivity contribution in [1.29, 1.82) is 5.26 Å². The summed E-state index contributed by atoms with van der Waals surface area (Å²) in [5.41, 5.74) is 2.08. The summed E-state index contributed by atoms with van der Waals surface area (Å²) in [6.07, 6.45) is 1.48. The maximum Gasteiger partial charge on any atom is 0.123 e. The zero-order chi connectivity index (χ0) is 11.7. The lowest BCUT2D eigenvalue weighted by atomic mass is 10.1. The van der Waals surface area contributed by atoms with Crippen LogP contribution in [0.2, 0.25) is 5.02 Å². The van der Waals surface area contributed by atoms with Gasteiger partial charge in [0.1, 0.15) is 11.8 Å². The van der Waals surface area contributed by atoms with E-state index in [1.165, 1.54) is 6.20 Å². The molecule has 1 heterocycles. The fourth-order valence-corrected chi connectivity index (χ4v) is 1.90. The number of hydrogen-bond acceptors (Lipinski definition) is 3. The maximum atomic E-state index is 8.85. The molecule has 80 valence electrons. The van der Waals surface area contributed by atoms with Gasteiger partial charge in [0.25, 0.3) is 0 Å². The number of benzene rings is 1. The third-order valence-corrected chi connectivity index (χ3v) is 2.92. The van der Waals surface area contributed by atoms with Crippen LogP contribution in [0.15, 0.2) is 18.3 Å². The van der Waals surface area contributed by atoms with Crippen LogP contribution in [0.1, 0.15) is 11.1 Å². The summed E-state index contributed by atoms with van der Waals surface area (Å²) in [6.45, 7) is 1.91. The summed E-state index contributed by atoms with van der Waals surface area (Å²) in [7, 11) is 1.61. The van der Waals surface area contributed by atoms with Crippen LogP contribution < -0.4 is 4.74 Å². The normalized spacial score (nSPS) is 10.1. The van der Waals surface area contributed by atoms with Gasteiger partial charge in [-0.3, -0.25) is 4.98 Å². The van der Waals surface area contributed by atoms with E-state index in [4.69, 9.17) is 21.6 Å². The highest BCUT2D eigenvalue weighted by molar-refractivity contribution is 6.36. The first-order valence-corrected chi connectivity index (χ1v) is 5.08. The predicted molar refractivity (Wildman–Crippen MR) is 62.8 cm³/mol. The summed E-state index contributed by atoms with van der Waals surface area (Å²) < 4.78 is 5.20. The molecule has 0 fully saturated rings. The fraction of sp³-hybridized carbons (Fsp3) is 0.167. The number of rotatable bonds is 1. The van der Waals surface area contributed by atoms with Crippen molar-refractivity contribution >= 4 is 22.5 Å². The second-order valence-corrected chi connectivity index (χ2v) is 3.76. The van der Waals surface area contributed by atoms with Crippen molar-refractivity contribution in [2.45, 2.75) is 6.92 Å². The van der Waals surface area contributed by atoms with E-state index < -0.39 is 0 Å². The van der Waals surface area contributed by atoms with Crippen molar-refractivity contribution in [3.05, 3.63) is 34.5 Å². The Kier molecular flexibility index (Phi) is 2.67. The zero-order valence-corrected chi connectivity index (χ0v) is 9.67. The number of ether oxygens (including phenoxy) is 1. The van der Waals surface area contributed by atoms with Crippen LogP contribution in [-0.4, -0.2) is 12.1 Å². The molecule has 1 aromatic carbocycles. The smallest absolute Gasteiger partial charge is 0.123 e. The van der Waals surface area contributed by atoms with Gasteiger partial charge in [0.05, 0.1) is 23.2 Å². The molecular weight excluding hydrogens is 224 g/mol. The lowest BCUT2D eigenvalue weighted by molar-refractivity contribution is 0.412. The molecule has 0 N–H and O–H groups in total. The maximum absolute atomic E-state index is 8.85. The summed E-state index contributed by atoms with van der Waals surface area (Å²) in [5.74, 6) is 0.765. The third-order valence-electron chi connectivity index (χ3n) is 2.52. The fourth-order valence-electron chi connectivity index (χ4n) is 1.66. The minimum absolute atomic E-state index is 0.388. The highest BCUT2D eigenvalue weighted by atomic mass is 35.5. The summed E-state index contributed by atoms with van der Waals surface area (Å²) in [6, 6.07) is 5.65. The third kappa shape index (κ3) is 1.48. The second-order valence-electron chi connectivity index (χ2n) is 3.39. The lowest BCUT2D eigenvalue weighted by Gasteiger charge is -2.08. The molecule has 16 heavy (non-hydrogen) atoms. The number of nitrogens with zero attached hydrogens (tertiary/aromatic N) is 2. The molecule has 0 bridgehead atoms. The topological polar surface area (TPSA) is 45.9 Å². The molecule has 3 nitrogen and oxygen atoms in total. The molecular formula is C12H9ClN2O. The van der Waals surface area contributed by atoms with Gasteiger partial charge in [0.2, 0.25) is 0 Å². The first-order chi connectivity index (χ1) is 7.69. The average Bonchev–Trinajstić information content (AvgIpc) is 2.31. The molecule has 0 saturated heterocycles. The number of methoxy groups -OCH3 is 1. The van der Waals surface area contributed by atoms with Crippen LogP contribution in [0.25, 0.3) is 10.9 Å². The highest BCUT2D eigenvalue weighted by Gasteiger charge is 2.10. The number of aromatic nitrogens is 1. The second kappa shape index (κ2) is 3.99. The van der Waals surface area contributed by atoms with Crippen molar-refractivity contribution in [2.24, 2.45) is 0 Å². The molecule has 0 aliphatic heterocycles. The number of fused-ring (bicyclic) bond motifs is 1. The van der Waals surface area contributed by atoms with E-state index in [9.17, 15) is 0 Å². The van der Waals surface area contributed by atoms with Crippen LogP contribution in [0, 0.1) is 18.3 Å². The molecule has 1 aromatic heterocycles. The van der Waals surface area contributed by atoms with Gasteiger partial charge in [-0.1, -0.05) is 11.6 Å². The van der Waals surface area contributed by atoms with E-state index >= 15 is 0 Å². The first kappa shape index (κ1) is 10.7. The van der Waals surface area contributed by atoms with E-state index in [1.54, 1.807) is 7.11 Å². The first-order valence-electron chi connectivity index (χ1n) is 4.71. The molecule has 4 heteroatoms. The molecule has 0 amide bonds. The number of halogens is 1. The number of hydrogen-bond donors (Lipinski definition) is 0. The molecule has 0 unspecified atom stereocenters. The molecule has 0 radical (unpaired) electrons. The van der Waals surface area contributed by atoms with E-state index in [0.717, 1.165) is 22.2 Å². The van der Waals surface area contributed by atoms with E-state index in [2.05, 4.69) is 4.98 Å². The SMILES string of the molecule is COc1ccc2c(Cl)c(C#N)cnc2c1C. The summed E-state index contributed by atoms with van der Waals surface area (Å²) in [5, 5.41) is 10.1. The van der Waals surface area contributed by atoms with E-state index in [0.29, 0.717) is 10.6 Å². The van der Waals surface area contributed by atoms with Crippen LogP contribution in [0.3, 0.4) is 0 Å². The van der Waals surface area contributed by atoms with Gasteiger partial charge < -0.3 is 4.74 Å². The van der Waals surface area contributed by atoms with Gasteiger partial charge in [-0.2, -0.15) is 5.26 Å². The Labute approximate surface area is 98.2 Å².